The molecular formula is C10H14N2O3S. The SMILES string of the molecule is CCN(CC)C(=O)c1ccc(C(=O)NO)s1. The summed E-state index contributed by atoms with van der Waals surface area (Å²) in [5, 5.41) is 8.45. The molecule has 5 nitrogen and oxygen atoms in total. The van der Waals surface area contributed by atoms with E-state index in [1.807, 2.05) is 13.8 Å². The summed E-state index contributed by atoms with van der Waals surface area (Å²) >= 11 is 1.07. The first-order valence-electron chi connectivity index (χ1n) is 4.97. The Kier molecular flexibility index (Phi) is 4.45. The van der Waals surface area contributed by atoms with Crippen LogP contribution in [0.3, 0.4) is 0 Å². The van der Waals surface area contributed by atoms with Crippen molar-refractivity contribution in [3.05, 3.63) is 21.9 Å². The van der Waals surface area contributed by atoms with E-state index in [1.54, 1.807) is 11.0 Å². The van der Waals surface area contributed by atoms with Crippen molar-refractivity contribution >= 4 is 23.2 Å². The lowest BCUT2D eigenvalue weighted by molar-refractivity contribution is 0.0710. The topological polar surface area (TPSA) is 69.6 Å². The Balaban J connectivity index is 2.85. The van der Waals surface area contributed by atoms with Gasteiger partial charge in [0.1, 0.15) is 0 Å². The predicted octanol–water partition coefficient (Wildman–Crippen LogP) is 1.35. The van der Waals surface area contributed by atoms with Crippen LogP contribution in [0.4, 0.5) is 0 Å². The smallest absolute Gasteiger partial charge is 0.284 e. The van der Waals surface area contributed by atoms with Crippen molar-refractivity contribution in [2.24, 2.45) is 0 Å². The third-order valence-electron chi connectivity index (χ3n) is 2.19. The van der Waals surface area contributed by atoms with Crippen molar-refractivity contribution in [1.29, 1.82) is 0 Å². The van der Waals surface area contributed by atoms with Gasteiger partial charge in [0, 0.05) is 13.1 Å². The molecule has 0 unspecified atom stereocenters. The van der Waals surface area contributed by atoms with Crippen LogP contribution in [-0.2, 0) is 0 Å². The molecule has 0 fully saturated rings. The molecule has 1 aromatic rings. The zero-order valence-electron chi connectivity index (χ0n) is 9.19. The quantitative estimate of drug-likeness (QED) is 0.618. The zero-order valence-corrected chi connectivity index (χ0v) is 10.0. The molecule has 1 rings (SSSR count). The number of carbonyl (C=O) groups is 2. The van der Waals surface area contributed by atoms with Crippen molar-refractivity contribution in [2.45, 2.75) is 13.8 Å². The van der Waals surface area contributed by atoms with Gasteiger partial charge in [0.25, 0.3) is 11.8 Å². The Hall–Kier alpha value is -1.40. The summed E-state index contributed by atoms with van der Waals surface area (Å²) in [5.74, 6) is -0.685. The summed E-state index contributed by atoms with van der Waals surface area (Å²) in [6.07, 6.45) is 0. The molecule has 0 aliphatic rings. The van der Waals surface area contributed by atoms with Gasteiger partial charge in [-0.25, -0.2) is 5.48 Å². The predicted molar refractivity (Wildman–Crippen MR) is 60.8 cm³/mol. The third-order valence-corrected chi connectivity index (χ3v) is 3.26. The fourth-order valence-electron chi connectivity index (χ4n) is 1.30. The number of thiophene rings is 1. The second-order valence-electron chi connectivity index (χ2n) is 3.08. The van der Waals surface area contributed by atoms with E-state index in [0.29, 0.717) is 22.8 Å². The Morgan fingerprint density at radius 3 is 2.38 bits per heavy atom. The van der Waals surface area contributed by atoms with E-state index >= 15 is 0 Å². The van der Waals surface area contributed by atoms with E-state index in [9.17, 15) is 9.59 Å². The average Bonchev–Trinajstić information content (AvgIpc) is 2.78. The van der Waals surface area contributed by atoms with E-state index in [1.165, 1.54) is 11.5 Å². The fourth-order valence-corrected chi connectivity index (χ4v) is 2.16. The molecule has 0 saturated heterocycles. The van der Waals surface area contributed by atoms with Gasteiger partial charge in [-0.15, -0.1) is 11.3 Å². The van der Waals surface area contributed by atoms with Gasteiger partial charge in [0.2, 0.25) is 0 Å². The number of hydroxylamine groups is 1. The lowest BCUT2D eigenvalue weighted by Crippen LogP contribution is -2.29. The molecule has 0 spiro atoms. The summed E-state index contributed by atoms with van der Waals surface area (Å²) in [6, 6.07) is 3.11. The molecule has 1 heterocycles. The minimum Gasteiger partial charge on any atom is -0.339 e. The minimum atomic E-state index is -0.594. The number of rotatable bonds is 4. The molecule has 0 bridgehead atoms. The van der Waals surface area contributed by atoms with Gasteiger partial charge < -0.3 is 4.90 Å². The maximum atomic E-state index is 11.9. The Bertz CT molecular complexity index is 385. The van der Waals surface area contributed by atoms with Crippen LogP contribution in [0.1, 0.15) is 33.2 Å². The normalized spacial score (nSPS) is 9.94. The number of nitrogens with zero attached hydrogens (tertiary/aromatic N) is 1. The summed E-state index contributed by atoms with van der Waals surface area (Å²) in [4.78, 5) is 25.4. The van der Waals surface area contributed by atoms with Crippen LogP contribution >= 0.6 is 11.3 Å². The molecule has 0 aliphatic heterocycles. The minimum absolute atomic E-state index is 0.0908. The Labute approximate surface area is 97.6 Å². The largest absolute Gasteiger partial charge is 0.339 e. The van der Waals surface area contributed by atoms with Gasteiger partial charge in [0.05, 0.1) is 9.75 Å². The second kappa shape index (κ2) is 5.62. The van der Waals surface area contributed by atoms with Crippen LogP contribution in [-0.4, -0.2) is 35.0 Å². The van der Waals surface area contributed by atoms with E-state index in [0.717, 1.165) is 11.3 Å². The molecule has 2 amide bonds. The van der Waals surface area contributed by atoms with Crippen molar-refractivity contribution < 1.29 is 14.8 Å². The summed E-state index contributed by atoms with van der Waals surface area (Å²) in [7, 11) is 0. The maximum Gasteiger partial charge on any atom is 0.284 e. The van der Waals surface area contributed by atoms with Crippen molar-refractivity contribution in [1.82, 2.24) is 10.4 Å². The van der Waals surface area contributed by atoms with Crippen molar-refractivity contribution in [2.75, 3.05) is 13.1 Å². The standard InChI is InChI=1S/C10H14N2O3S/c1-3-12(4-2)10(14)8-6-5-7(16-8)9(13)11-15/h5-6,15H,3-4H2,1-2H3,(H,11,13). The van der Waals surface area contributed by atoms with Crippen LogP contribution in [0.2, 0.25) is 0 Å². The molecule has 0 atom stereocenters. The highest BCUT2D eigenvalue weighted by molar-refractivity contribution is 7.15. The first-order valence-corrected chi connectivity index (χ1v) is 5.79. The lowest BCUT2D eigenvalue weighted by atomic mass is 10.3. The highest BCUT2D eigenvalue weighted by atomic mass is 32.1. The zero-order chi connectivity index (χ0) is 12.1. The lowest BCUT2D eigenvalue weighted by Gasteiger charge is -2.17. The monoisotopic (exact) mass is 242 g/mol. The highest BCUT2D eigenvalue weighted by Gasteiger charge is 2.16. The van der Waals surface area contributed by atoms with Crippen LogP contribution in [0.5, 0.6) is 0 Å². The molecule has 0 aliphatic carbocycles. The first kappa shape index (κ1) is 12.7. The summed E-state index contributed by atoms with van der Waals surface area (Å²) in [5.41, 5.74) is 1.54. The van der Waals surface area contributed by atoms with Crippen LogP contribution in [0, 0.1) is 0 Å². The highest BCUT2D eigenvalue weighted by Crippen LogP contribution is 2.18. The fraction of sp³-hybridized carbons (Fsp3) is 0.400. The van der Waals surface area contributed by atoms with Gasteiger partial charge >= 0.3 is 0 Å². The first-order chi connectivity index (χ1) is 7.63. The molecular weight excluding hydrogens is 228 g/mol. The van der Waals surface area contributed by atoms with E-state index in [4.69, 9.17) is 5.21 Å². The van der Waals surface area contributed by atoms with Crippen molar-refractivity contribution in [3.8, 4) is 0 Å². The molecule has 2 N–H and O–H groups in total. The number of hydrogen-bond donors (Lipinski definition) is 2. The van der Waals surface area contributed by atoms with E-state index < -0.39 is 5.91 Å². The number of hydrogen-bond acceptors (Lipinski definition) is 4. The molecule has 16 heavy (non-hydrogen) atoms. The van der Waals surface area contributed by atoms with Gasteiger partial charge in [0.15, 0.2) is 0 Å². The average molecular weight is 242 g/mol. The molecule has 0 radical (unpaired) electrons. The van der Waals surface area contributed by atoms with Crippen molar-refractivity contribution in [3.63, 3.8) is 0 Å². The van der Waals surface area contributed by atoms with Gasteiger partial charge in [-0.1, -0.05) is 0 Å². The van der Waals surface area contributed by atoms with Crippen LogP contribution < -0.4 is 5.48 Å². The third kappa shape index (κ3) is 2.59. The molecule has 0 aromatic carbocycles. The van der Waals surface area contributed by atoms with Gasteiger partial charge in [-0.3, -0.25) is 14.8 Å². The Morgan fingerprint density at radius 1 is 1.31 bits per heavy atom. The number of amides is 2. The maximum absolute atomic E-state index is 11.9. The second-order valence-corrected chi connectivity index (χ2v) is 4.17. The van der Waals surface area contributed by atoms with Gasteiger partial charge in [-0.05, 0) is 26.0 Å². The summed E-state index contributed by atoms with van der Waals surface area (Å²) in [6.45, 7) is 5.07. The summed E-state index contributed by atoms with van der Waals surface area (Å²) < 4.78 is 0. The molecule has 6 heteroatoms. The van der Waals surface area contributed by atoms with E-state index in [-0.39, 0.29) is 5.91 Å². The molecule has 88 valence electrons. The Morgan fingerprint density at radius 2 is 1.88 bits per heavy atom. The number of nitrogens with one attached hydrogen (secondary N) is 1. The molecule has 1 aromatic heterocycles. The number of carbonyl (C=O) groups excluding carboxylic acids is 2. The van der Waals surface area contributed by atoms with Crippen LogP contribution in [0.25, 0.3) is 0 Å². The van der Waals surface area contributed by atoms with E-state index in [2.05, 4.69) is 0 Å². The van der Waals surface area contributed by atoms with Crippen LogP contribution in [0.15, 0.2) is 12.1 Å². The van der Waals surface area contributed by atoms with Gasteiger partial charge in [-0.2, -0.15) is 0 Å². The molecule has 0 saturated carbocycles.